The number of rotatable bonds is 12. The van der Waals surface area contributed by atoms with Crippen molar-refractivity contribution >= 4 is 24.4 Å². The van der Waals surface area contributed by atoms with E-state index in [4.69, 9.17) is 0 Å². The largest absolute Gasteiger partial charge is 0.392 e. The Morgan fingerprint density at radius 1 is 1.16 bits per heavy atom. The standard InChI is InChI=1S/C19H38N2O3S/c1-6-7-8-9-10-11-15(12-16(22)14-25)18(24)21(19(2,3)4)13-17(23)20-5/h15-16,22,25H,6-14H2,1-5H3,(H,20,23). The summed E-state index contributed by atoms with van der Waals surface area (Å²) in [6.45, 7) is 8.01. The molecule has 0 bridgehead atoms. The van der Waals surface area contributed by atoms with Gasteiger partial charge in [-0.25, -0.2) is 0 Å². The van der Waals surface area contributed by atoms with Crippen LogP contribution in [0.5, 0.6) is 0 Å². The van der Waals surface area contributed by atoms with Crippen LogP contribution >= 0.6 is 12.6 Å². The molecule has 0 aromatic carbocycles. The van der Waals surface area contributed by atoms with Gasteiger partial charge in [0.1, 0.15) is 6.54 Å². The van der Waals surface area contributed by atoms with Gasteiger partial charge >= 0.3 is 0 Å². The molecule has 0 aliphatic rings. The molecule has 0 heterocycles. The van der Waals surface area contributed by atoms with E-state index >= 15 is 0 Å². The Morgan fingerprint density at radius 2 is 1.76 bits per heavy atom. The molecule has 0 radical (unpaired) electrons. The predicted octanol–water partition coefficient (Wildman–Crippen LogP) is 3.02. The zero-order valence-corrected chi connectivity index (χ0v) is 17.6. The van der Waals surface area contributed by atoms with Gasteiger partial charge in [-0.05, 0) is 33.6 Å². The van der Waals surface area contributed by atoms with Crippen LogP contribution < -0.4 is 5.32 Å². The highest BCUT2D eigenvalue weighted by Gasteiger charge is 2.33. The van der Waals surface area contributed by atoms with Crippen LogP contribution in [0.15, 0.2) is 0 Å². The van der Waals surface area contributed by atoms with Crippen molar-refractivity contribution in [2.45, 2.75) is 84.3 Å². The number of likely N-dealkylation sites (N-methyl/N-ethyl adjacent to an activating group) is 1. The maximum Gasteiger partial charge on any atom is 0.239 e. The number of nitrogens with zero attached hydrogens (tertiary/aromatic N) is 1. The Morgan fingerprint density at radius 3 is 2.24 bits per heavy atom. The second-order valence-corrected chi connectivity index (χ2v) is 8.11. The van der Waals surface area contributed by atoms with Crippen molar-refractivity contribution < 1.29 is 14.7 Å². The first-order valence-electron chi connectivity index (χ1n) is 9.48. The van der Waals surface area contributed by atoms with E-state index in [0.29, 0.717) is 12.2 Å². The van der Waals surface area contributed by atoms with Gasteiger partial charge in [0.25, 0.3) is 0 Å². The van der Waals surface area contributed by atoms with E-state index < -0.39 is 11.6 Å². The number of aliphatic hydroxyl groups excluding tert-OH is 1. The van der Waals surface area contributed by atoms with Crippen molar-refractivity contribution in [2.75, 3.05) is 19.3 Å². The summed E-state index contributed by atoms with van der Waals surface area (Å²) in [7, 11) is 1.57. The fourth-order valence-corrected chi connectivity index (χ4v) is 2.98. The summed E-state index contributed by atoms with van der Waals surface area (Å²) in [6.07, 6.45) is 6.17. The van der Waals surface area contributed by atoms with Crippen molar-refractivity contribution in [2.24, 2.45) is 5.92 Å². The summed E-state index contributed by atoms with van der Waals surface area (Å²) in [4.78, 5) is 26.6. The van der Waals surface area contributed by atoms with Crippen molar-refractivity contribution in [3.05, 3.63) is 0 Å². The lowest BCUT2D eigenvalue weighted by molar-refractivity contribution is -0.145. The zero-order chi connectivity index (χ0) is 19.5. The minimum atomic E-state index is -0.602. The lowest BCUT2D eigenvalue weighted by Gasteiger charge is -2.38. The number of amides is 2. The van der Waals surface area contributed by atoms with Crippen molar-refractivity contribution in [1.29, 1.82) is 0 Å². The summed E-state index contributed by atoms with van der Waals surface area (Å²) >= 11 is 4.14. The van der Waals surface area contributed by atoms with Gasteiger partial charge in [-0.3, -0.25) is 9.59 Å². The van der Waals surface area contributed by atoms with Gasteiger partial charge in [-0.2, -0.15) is 12.6 Å². The summed E-state index contributed by atoms with van der Waals surface area (Å²) in [6, 6.07) is 0. The molecule has 25 heavy (non-hydrogen) atoms. The van der Waals surface area contributed by atoms with Crippen molar-refractivity contribution in [3.63, 3.8) is 0 Å². The number of carbonyl (C=O) groups is 2. The second kappa shape index (κ2) is 12.6. The average molecular weight is 375 g/mol. The quantitative estimate of drug-likeness (QED) is 0.363. The normalized spacial score (nSPS) is 14.0. The molecular formula is C19H38N2O3S. The van der Waals surface area contributed by atoms with E-state index in [2.05, 4.69) is 24.9 Å². The van der Waals surface area contributed by atoms with Crippen LogP contribution in [0.2, 0.25) is 0 Å². The predicted molar refractivity (Wildman–Crippen MR) is 107 cm³/mol. The Balaban J connectivity index is 5.06. The Bertz CT molecular complexity index is 397. The van der Waals surface area contributed by atoms with Gasteiger partial charge in [0, 0.05) is 24.3 Å². The van der Waals surface area contributed by atoms with Gasteiger partial charge < -0.3 is 15.3 Å². The lowest BCUT2D eigenvalue weighted by atomic mass is 9.91. The molecule has 0 aromatic rings. The van der Waals surface area contributed by atoms with E-state index in [1.54, 1.807) is 11.9 Å². The molecule has 0 aliphatic carbocycles. The first-order chi connectivity index (χ1) is 11.7. The number of hydrogen-bond acceptors (Lipinski definition) is 4. The van der Waals surface area contributed by atoms with Gasteiger partial charge in [0.05, 0.1) is 6.10 Å². The molecule has 5 nitrogen and oxygen atoms in total. The smallest absolute Gasteiger partial charge is 0.239 e. The third-order valence-electron chi connectivity index (χ3n) is 4.43. The number of hydrogen-bond donors (Lipinski definition) is 3. The maximum absolute atomic E-state index is 13.1. The SMILES string of the molecule is CCCCCCCC(CC(O)CS)C(=O)N(CC(=O)NC)C(C)(C)C. The van der Waals surface area contributed by atoms with Gasteiger partial charge in [0.15, 0.2) is 0 Å². The van der Waals surface area contributed by atoms with Crippen LogP contribution in [0.25, 0.3) is 0 Å². The van der Waals surface area contributed by atoms with Crippen molar-refractivity contribution in [1.82, 2.24) is 10.2 Å². The molecule has 0 aromatic heterocycles. The summed E-state index contributed by atoms with van der Waals surface area (Å²) in [5.74, 6) is -0.162. The topological polar surface area (TPSA) is 69.6 Å². The first kappa shape index (κ1) is 24.2. The third-order valence-corrected chi connectivity index (χ3v) is 4.85. The number of thiol groups is 1. The van der Waals surface area contributed by atoms with Crippen LogP contribution in [0.1, 0.15) is 72.6 Å². The number of nitrogens with one attached hydrogen (secondary N) is 1. The van der Waals surface area contributed by atoms with Gasteiger partial charge in [-0.15, -0.1) is 0 Å². The van der Waals surface area contributed by atoms with E-state index in [1.807, 2.05) is 20.8 Å². The summed E-state index contributed by atoms with van der Waals surface area (Å²) in [5, 5.41) is 12.6. The Hall–Kier alpha value is -0.750. The van der Waals surface area contributed by atoms with E-state index in [-0.39, 0.29) is 24.3 Å². The zero-order valence-electron chi connectivity index (χ0n) is 16.7. The summed E-state index contributed by atoms with van der Waals surface area (Å²) in [5.41, 5.74) is -0.448. The van der Waals surface area contributed by atoms with Crippen LogP contribution in [-0.4, -0.2) is 52.8 Å². The highest BCUT2D eigenvalue weighted by Crippen LogP contribution is 2.24. The monoisotopic (exact) mass is 374 g/mol. The molecule has 2 atom stereocenters. The van der Waals surface area contributed by atoms with Gasteiger partial charge in [0.2, 0.25) is 11.8 Å². The fraction of sp³-hybridized carbons (Fsp3) is 0.895. The molecule has 6 heteroatoms. The fourth-order valence-electron chi connectivity index (χ4n) is 2.83. The van der Waals surface area contributed by atoms with Gasteiger partial charge in [-0.1, -0.05) is 39.0 Å². The highest BCUT2D eigenvalue weighted by atomic mass is 32.1. The molecule has 0 saturated heterocycles. The van der Waals surface area contributed by atoms with E-state index in [0.717, 1.165) is 19.3 Å². The molecule has 2 amide bonds. The highest BCUT2D eigenvalue weighted by molar-refractivity contribution is 7.80. The Kier molecular flexibility index (Phi) is 12.2. The van der Waals surface area contributed by atoms with Crippen LogP contribution in [0.4, 0.5) is 0 Å². The minimum absolute atomic E-state index is 0.0438. The molecule has 0 saturated carbocycles. The van der Waals surface area contributed by atoms with Crippen molar-refractivity contribution in [3.8, 4) is 0 Å². The minimum Gasteiger partial charge on any atom is -0.392 e. The molecule has 2 unspecified atom stereocenters. The Labute approximate surface area is 159 Å². The molecule has 0 aliphatic heterocycles. The molecule has 148 valence electrons. The molecule has 0 spiro atoms. The van der Waals surface area contributed by atoms with E-state index in [9.17, 15) is 14.7 Å². The third kappa shape index (κ3) is 10.1. The molecule has 0 rings (SSSR count). The van der Waals surface area contributed by atoms with Crippen LogP contribution in [-0.2, 0) is 9.59 Å². The number of carbonyl (C=O) groups excluding carboxylic acids is 2. The maximum atomic E-state index is 13.1. The molecule has 0 fully saturated rings. The summed E-state index contributed by atoms with van der Waals surface area (Å²) < 4.78 is 0. The average Bonchev–Trinajstić information content (AvgIpc) is 2.56. The molecule has 2 N–H and O–H groups in total. The molecular weight excluding hydrogens is 336 g/mol. The number of unbranched alkanes of at least 4 members (excludes halogenated alkanes) is 4. The number of aliphatic hydroxyl groups is 1. The van der Waals surface area contributed by atoms with Crippen LogP contribution in [0.3, 0.4) is 0 Å². The lowest BCUT2D eigenvalue weighted by Crippen LogP contribution is -2.52. The van der Waals surface area contributed by atoms with Crippen LogP contribution in [0, 0.1) is 5.92 Å². The van der Waals surface area contributed by atoms with E-state index in [1.165, 1.54) is 19.3 Å². The first-order valence-corrected chi connectivity index (χ1v) is 10.1. The second-order valence-electron chi connectivity index (χ2n) is 7.74.